The number of rotatable bonds is 2. The van der Waals surface area contributed by atoms with Crippen LogP contribution < -0.4 is 0 Å². The third-order valence-electron chi connectivity index (χ3n) is 5.14. The van der Waals surface area contributed by atoms with Crippen molar-refractivity contribution in [2.45, 2.75) is 50.5 Å². The molecule has 5 nitrogen and oxygen atoms in total. The van der Waals surface area contributed by atoms with Crippen molar-refractivity contribution in [2.75, 3.05) is 7.11 Å². The Morgan fingerprint density at radius 1 is 1.28 bits per heavy atom. The molecule has 0 aromatic heterocycles. The highest BCUT2D eigenvalue weighted by Gasteiger charge is 2.50. The fraction of sp³-hybridized carbons (Fsp3) is 0.474. The minimum Gasteiger partial charge on any atom is -0.492 e. The van der Waals surface area contributed by atoms with Gasteiger partial charge in [0.15, 0.2) is 17.3 Å². The molecule has 1 saturated heterocycles. The summed E-state index contributed by atoms with van der Waals surface area (Å²) in [5.41, 5.74) is 4.08. The van der Waals surface area contributed by atoms with Crippen molar-refractivity contribution in [3.05, 3.63) is 45.2 Å². The van der Waals surface area contributed by atoms with E-state index in [9.17, 15) is 9.59 Å². The molecule has 1 aromatic carbocycles. The van der Waals surface area contributed by atoms with Crippen LogP contribution in [0, 0.1) is 0 Å². The number of Topliss-reactive ketones (excluding diaryl/α,β-unsaturated/α-hetero) is 2. The first-order valence-corrected chi connectivity index (χ1v) is 9.35. The van der Waals surface area contributed by atoms with Crippen LogP contribution in [-0.4, -0.2) is 30.6 Å². The number of ether oxygens (including phenoxy) is 3. The first-order valence-electron chi connectivity index (χ1n) is 8.23. The molecule has 2 atom stereocenters. The van der Waals surface area contributed by atoms with Crippen molar-refractivity contribution in [1.29, 1.82) is 0 Å². The molecule has 0 amide bonds. The standard InChI is InChI=1S/C19H19BrO5/c1-8-15(21)14-10-6-12-18(25-19(2,3)24-12)13(10)9(7-20)5-11(14)16(22)17(8)23-4/h5,12,18H,6-7H2,1-4H3. The lowest BCUT2D eigenvalue weighted by atomic mass is 9.82. The summed E-state index contributed by atoms with van der Waals surface area (Å²) in [6.45, 7) is 5.42. The average Bonchev–Trinajstić information content (AvgIpc) is 3.03. The Bertz CT molecular complexity index is 852. The zero-order chi connectivity index (χ0) is 18.1. The average molecular weight is 407 g/mol. The molecule has 0 bridgehead atoms. The molecular weight excluding hydrogens is 388 g/mol. The van der Waals surface area contributed by atoms with Gasteiger partial charge in [-0.3, -0.25) is 9.59 Å². The quantitative estimate of drug-likeness (QED) is 0.701. The second-order valence-electron chi connectivity index (χ2n) is 7.10. The second kappa shape index (κ2) is 5.50. The van der Waals surface area contributed by atoms with Gasteiger partial charge in [-0.25, -0.2) is 0 Å². The van der Waals surface area contributed by atoms with Gasteiger partial charge < -0.3 is 14.2 Å². The van der Waals surface area contributed by atoms with E-state index in [1.54, 1.807) is 13.0 Å². The van der Waals surface area contributed by atoms with E-state index in [2.05, 4.69) is 15.9 Å². The lowest BCUT2D eigenvalue weighted by Crippen LogP contribution is -2.26. The molecule has 1 heterocycles. The molecule has 2 unspecified atom stereocenters. The molecule has 0 saturated carbocycles. The normalized spacial score (nSPS) is 26.6. The smallest absolute Gasteiger partial charge is 0.228 e. The summed E-state index contributed by atoms with van der Waals surface area (Å²) in [6, 6.07) is 1.80. The second-order valence-corrected chi connectivity index (χ2v) is 7.66. The third-order valence-corrected chi connectivity index (χ3v) is 5.75. The number of benzene rings is 1. The Morgan fingerprint density at radius 2 is 2.00 bits per heavy atom. The van der Waals surface area contributed by atoms with Gasteiger partial charge in [-0.15, -0.1) is 0 Å². The van der Waals surface area contributed by atoms with Crippen LogP contribution >= 0.6 is 15.9 Å². The maximum Gasteiger partial charge on any atom is 0.228 e. The molecule has 1 aliphatic heterocycles. The first kappa shape index (κ1) is 16.9. The number of ketones is 2. The SMILES string of the molecule is COC1=C(C)C(=O)c2c(cc(CBr)c3c2CC2OC(C)(C)OC32)C1=O. The summed E-state index contributed by atoms with van der Waals surface area (Å²) in [5, 5.41) is 0.572. The summed E-state index contributed by atoms with van der Waals surface area (Å²) in [7, 11) is 1.42. The van der Waals surface area contributed by atoms with Crippen LogP contribution in [0.2, 0.25) is 0 Å². The van der Waals surface area contributed by atoms with E-state index < -0.39 is 5.79 Å². The molecule has 1 fully saturated rings. The number of methoxy groups -OCH3 is 1. The van der Waals surface area contributed by atoms with Gasteiger partial charge in [-0.05, 0) is 43.5 Å². The lowest BCUT2D eigenvalue weighted by molar-refractivity contribution is -0.148. The monoisotopic (exact) mass is 406 g/mol. The van der Waals surface area contributed by atoms with Crippen LogP contribution in [0.25, 0.3) is 0 Å². The van der Waals surface area contributed by atoms with Crippen LogP contribution in [-0.2, 0) is 26.0 Å². The predicted octanol–water partition coefficient (Wildman–Crippen LogP) is 3.63. The van der Waals surface area contributed by atoms with Crippen LogP contribution in [0.5, 0.6) is 0 Å². The number of hydrogen-bond donors (Lipinski definition) is 0. The van der Waals surface area contributed by atoms with E-state index in [1.165, 1.54) is 7.11 Å². The lowest BCUT2D eigenvalue weighted by Gasteiger charge is -2.24. The Kier molecular flexibility index (Phi) is 3.72. The number of alkyl halides is 1. The van der Waals surface area contributed by atoms with Crippen molar-refractivity contribution in [3.63, 3.8) is 0 Å². The Balaban J connectivity index is 1.94. The van der Waals surface area contributed by atoms with Gasteiger partial charge in [0.25, 0.3) is 0 Å². The van der Waals surface area contributed by atoms with Crippen LogP contribution in [0.1, 0.15) is 64.3 Å². The highest BCUT2D eigenvalue weighted by Crippen LogP contribution is 2.50. The summed E-state index contributed by atoms with van der Waals surface area (Å²) >= 11 is 3.51. The highest BCUT2D eigenvalue weighted by atomic mass is 79.9. The molecule has 2 aliphatic carbocycles. The van der Waals surface area contributed by atoms with Crippen molar-refractivity contribution in [1.82, 2.24) is 0 Å². The van der Waals surface area contributed by atoms with E-state index in [1.807, 2.05) is 13.8 Å². The summed E-state index contributed by atoms with van der Waals surface area (Å²) < 4.78 is 17.3. The maximum atomic E-state index is 13.0. The van der Waals surface area contributed by atoms with Crippen LogP contribution in [0.15, 0.2) is 17.4 Å². The van der Waals surface area contributed by atoms with Crippen molar-refractivity contribution in [2.24, 2.45) is 0 Å². The molecule has 132 valence electrons. The Labute approximate surface area is 154 Å². The number of hydrogen-bond acceptors (Lipinski definition) is 5. The van der Waals surface area contributed by atoms with Gasteiger partial charge in [-0.2, -0.15) is 0 Å². The van der Waals surface area contributed by atoms with Crippen LogP contribution in [0.4, 0.5) is 0 Å². The zero-order valence-electron chi connectivity index (χ0n) is 14.6. The minimum atomic E-state index is -0.647. The largest absolute Gasteiger partial charge is 0.492 e. The van der Waals surface area contributed by atoms with E-state index >= 15 is 0 Å². The highest BCUT2D eigenvalue weighted by molar-refractivity contribution is 9.08. The van der Waals surface area contributed by atoms with Crippen molar-refractivity contribution >= 4 is 27.5 Å². The summed E-state index contributed by atoms with van der Waals surface area (Å²) in [5.74, 6) is -0.905. The topological polar surface area (TPSA) is 61.8 Å². The number of carbonyl (C=O) groups excluding carboxylic acids is 2. The summed E-state index contributed by atoms with van der Waals surface area (Å²) in [6.07, 6.45) is 0.227. The van der Waals surface area contributed by atoms with Crippen molar-refractivity contribution < 1.29 is 23.8 Å². The number of halogens is 1. The van der Waals surface area contributed by atoms with E-state index in [0.29, 0.717) is 28.5 Å². The number of allylic oxidation sites excluding steroid dienone is 2. The number of carbonyl (C=O) groups is 2. The minimum absolute atomic E-state index is 0.129. The molecule has 25 heavy (non-hydrogen) atoms. The zero-order valence-corrected chi connectivity index (χ0v) is 16.2. The van der Waals surface area contributed by atoms with E-state index in [4.69, 9.17) is 14.2 Å². The maximum absolute atomic E-state index is 13.0. The van der Waals surface area contributed by atoms with Crippen LogP contribution in [0.3, 0.4) is 0 Å². The molecule has 6 heteroatoms. The van der Waals surface area contributed by atoms with E-state index in [0.717, 1.165) is 16.7 Å². The fourth-order valence-corrected chi connectivity index (χ4v) is 4.65. The molecule has 0 radical (unpaired) electrons. The van der Waals surface area contributed by atoms with Gasteiger partial charge in [0.05, 0.1) is 13.2 Å². The van der Waals surface area contributed by atoms with Gasteiger partial charge in [0, 0.05) is 28.5 Å². The third kappa shape index (κ3) is 2.27. The van der Waals surface area contributed by atoms with Gasteiger partial charge in [0.2, 0.25) is 5.78 Å². The molecule has 1 aromatic rings. The first-order chi connectivity index (χ1) is 11.8. The van der Waals surface area contributed by atoms with Gasteiger partial charge in [0.1, 0.15) is 6.10 Å². The molecule has 0 spiro atoms. The van der Waals surface area contributed by atoms with Gasteiger partial charge in [-0.1, -0.05) is 15.9 Å². The Hall–Kier alpha value is -1.50. The summed E-state index contributed by atoms with van der Waals surface area (Å²) in [4.78, 5) is 25.8. The molecule has 0 N–H and O–H groups in total. The Morgan fingerprint density at radius 3 is 2.64 bits per heavy atom. The van der Waals surface area contributed by atoms with Gasteiger partial charge >= 0.3 is 0 Å². The predicted molar refractivity (Wildman–Crippen MR) is 93.9 cm³/mol. The molecule has 3 aliphatic rings. The van der Waals surface area contributed by atoms with E-state index in [-0.39, 0.29) is 29.5 Å². The fourth-order valence-electron chi connectivity index (χ4n) is 4.19. The molecule has 4 rings (SSSR count). The molecular formula is C19H19BrO5. The number of fused-ring (bicyclic) bond motifs is 5. The van der Waals surface area contributed by atoms with Crippen molar-refractivity contribution in [3.8, 4) is 0 Å².